The van der Waals surface area contributed by atoms with E-state index in [4.69, 9.17) is 14.7 Å². The standard InChI is InChI=1S/C14H13BrN4O2S/c1-9-8-22-14(18-9)19-17-7-10-5-11(15)13(21-4-3-16)12(6-10)20-2/h5-8H,4H2,1-2H3,(H,18,19). The summed E-state index contributed by atoms with van der Waals surface area (Å²) in [6.07, 6.45) is 1.65. The lowest BCUT2D eigenvalue weighted by Gasteiger charge is -2.11. The van der Waals surface area contributed by atoms with Crippen LogP contribution in [0, 0.1) is 18.3 Å². The van der Waals surface area contributed by atoms with Crippen molar-refractivity contribution in [2.45, 2.75) is 6.92 Å². The highest BCUT2D eigenvalue weighted by Crippen LogP contribution is 2.36. The summed E-state index contributed by atoms with van der Waals surface area (Å²) in [4.78, 5) is 4.25. The van der Waals surface area contributed by atoms with Crippen LogP contribution in [-0.4, -0.2) is 24.9 Å². The van der Waals surface area contributed by atoms with Gasteiger partial charge in [0.2, 0.25) is 5.13 Å². The van der Waals surface area contributed by atoms with Crippen molar-refractivity contribution in [3.05, 3.63) is 33.2 Å². The molecule has 0 aliphatic rings. The minimum Gasteiger partial charge on any atom is -0.493 e. The van der Waals surface area contributed by atoms with E-state index in [1.54, 1.807) is 19.4 Å². The van der Waals surface area contributed by atoms with Crippen molar-refractivity contribution >= 4 is 38.6 Å². The van der Waals surface area contributed by atoms with E-state index in [0.29, 0.717) is 16.0 Å². The summed E-state index contributed by atoms with van der Waals surface area (Å²) in [5, 5.41) is 15.4. The maximum Gasteiger partial charge on any atom is 0.203 e. The molecule has 0 spiro atoms. The van der Waals surface area contributed by atoms with Gasteiger partial charge in [0, 0.05) is 5.38 Å². The Morgan fingerprint density at radius 1 is 1.55 bits per heavy atom. The molecule has 0 bridgehead atoms. The van der Waals surface area contributed by atoms with Crippen molar-refractivity contribution in [3.8, 4) is 17.6 Å². The predicted octanol–water partition coefficient (Wildman–Crippen LogP) is 3.57. The lowest BCUT2D eigenvalue weighted by Crippen LogP contribution is -1.99. The van der Waals surface area contributed by atoms with Gasteiger partial charge >= 0.3 is 0 Å². The molecule has 0 saturated carbocycles. The molecular weight excluding hydrogens is 368 g/mol. The van der Waals surface area contributed by atoms with Gasteiger partial charge in [0.15, 0.2) is 18.1 Å². The van der Waals surface area contributed by atoms with Crippen LogP contribution in [0.4, 0.5) is 5.13 Å². The summed E-state index contributed by atoms with van der Waals surface area (Å²) in [6.45, 7) is 1.88. The maximum atomic E-state index is 8.60. The predicted molar refractivity (Wildman–Crippen MR) is 89.9 cm³/mol. The van der Waals surface area contributed by atoms with Crippen LogP contribution in [0.3, 0.4) is 0 Å². The Labute approximate surface area is 140 Å². The molecule has 0 aliphatic heterocycles. The number of nitrogens with zero attached hydrogens (tertiary/aromatic N) is 3. The summed E-state index contributed by atoms with van der Waals surface area (Å²) in [5.41, 5.74) is 4.63. The minimum atomic E-state index is -0.0483. The molecule has 22 heavy (non-hydrogen) atoms. The zero-order valence-electron chi connectivity index (χ0n) is 12.0. The molecule has 0 amide bonds. The first-order valence-electron chi connectivity index (χ1n) is 6.22. The number of hydrazone groups is 1. The van der Waals surface area contributed by atoms with Gasteiger partial charge in [0.25, 0.3) is 0 Å². The Morgan fingerprint density at radius 2 is 2.36 bits per heavy atom. The second kappa shape index (κ2) is 7.77. The van der Waals surface area contributed by atoms with Gasteiger partial charge in [-0.1, -0.05) is 0 Å². The molecule has 0 unspecified atom stereocenters. The van der Waals surface area contributed by atoms with Gasteiger partial charge in [-0.2, -0.15) is 10.4 Å². The monoisotopic (exact) mass is 380 g/mol. The number of hydrogen-bond donors (Lipinski definition) is 1. The number of rotatable bonds is 6. The molecule has 0 saturated heterocycles. The number of anilines is 1. The fraction of sp³-hybridized carbons (Fsp3) is 0.214. The van der Waals surface area contributed by atoms with E-state index >= 15 is 0 Å². The van der Waals surface area contributed by atoms with Crippen molar-refractivity contribution in [2.75, 3.05) is 19.1 Å². The first-order chi connectivity index (χ1) is 10.6. The Hall–Kier alpha value is -2.11. The summed E-state index contributed by atoms with van der Waals surface area (Å²) < 4.78 is 11.3. The van der Waals surface area contributed by atoms with E-state index in [9.17, 15) is 0 Å². The van der Waals surface area contributed by atoms with Gasteiger partial charge < -0.3 is 9.47 Å². The number of ether oxygens (including phenoxy) is 2. The Morgan fingerprint density at radius 3 is 3.00 bits per heavy atom. The summed E-state index contributed by atoms with van der Waals surface area (Å²) >= 11 is 4.89. The number of halogens is 1. The van der Waals surface area contributed by atoms with Crippen LogP contribution in [0.1, 0.15) is 11.3 Å². The van der Waals surface area contributed by atoms with E-state index in [1.165, 1.54) is 11.3 Å². The number of aryl methyl sites for hydroxylation is 1. The molecule has 1 heterocycles. The Bertz CT molecular complexity index is 724. The molecule has 0 aliphatic carbocycles. The van der Waals surface area contributed by atoms with Crippen LogP contribution in [0.15, 0.2) is 27.1 Å². The van der Waals surface area contributed by atoms with Crippen LogP contribution in [0.5, 0.6) is 11.5 Å². The molecule has 2 rings (SSSR count). The van der Waals surface area contributed by atoms with E-state index < -0.39 is 0 Å². The number of benzene rings is 1. The molecule has 114 valence electrons. The second-order valence-electron chi connectivity index (χ2n) is 4.14. The highest BCUT2D eigenvalue weighted by molar-refractivity contribution is 9.10. The SMILES string of the molecule is COc1cc(C=NNc2nc(C)cs2)cc(Br)c1OCC#N. The highest BCUT2D eigenvalue weighted by Gasteiger charge is 2.11. The van der Waals surface area contributed by atoms with Crippen molar-refractivity contribution in [1.82, 2.24) is 4.98 Å². The molecule has 6 nitrogen and oxygen atoms in total. The smallest absolute Gasteiger partial charge is 0.203 e. The first-order valence-corrected chi connectivity index (χ1v) is 7.89. The average Bonchev–Trinajstić information content (AvgIpc) is 2.91. The summed E-state index contributed by atoms with van der Waals surface area (Å²) in [7, 11) is 1.54. The van der Waals surface area contributed by atoms with Gasteiger partial charge in [-0.25, -0.2) is 4.98 Å². The lowest BCUT2D eigenvalue weighted by molar-refractivity contribution is 0.327. The van der Waals surface area contributed by atoms with Crippen molar-refractivity contribution in [1.29, 1.82) is 5.26 Å². The molecule has 0 radical (unpaired) electrons. The van der Waals surface area contributed by atoms with Crippen LogP contribution in [0.2, 0.25) is 0 Å². The summed E-state index contributed by atoms with van der Waals surface area (Å²) in [5.74, 6) is 1.01. The van der Waals surface area contributed by atoms with Crippen LogP contribution in [-0.2, 0) is 0 Å². The van der Waals surface area contributed by atoms with E-state index in [1.807, 2.05) is 24.4 Å². The third kappa shape index (κ3) is 4.19. The summed E-state index contributed by atoms with van der Waals surface area (Å²) in [6, 6.07) is 5.52. The molecule has 0 fully saturated rings. The average molecular weight is 381 g/mol. The molecule has 1 aromatic heterocycles. The van der Waals surface area contributed by atoms with Crippen molar-refractivity contribution in [3.63, 3.8) is 0 Å². The Kier molecular flexibility index (Phi) is 5.75. The number of thiazole rings is 1. The third-order valence-electron chi connectivity index (χ3n) is 2.53. The fourth-order valence-electron chi connectivity index (χ4n) is 1.63. The van der Waals surface area contributed by atoms with Gasteiger partial charge in [0.05, 0.1) is 23.5 Å². The molecule has 1 N–H and O–H groups in total. The minimum absolute atomic E-state index is 0.0483. The third-order valence-corrected chi connectivity index (χ3v) is 3.98. The van der Waals surface area contributed by atoms with Gasteiger partial charge in [0.1, 0.15) is 6.07 Å². The van der Waals surface area contributed by atoms with Crippen LogP contribution in [0.25, 0.3) is 0 Å². The molecule has 2 aromatic rings. The molecule has 8 heteroatoms. The number of nitrogens with one attached hydrogen (secondary N) is 1. The molecule has 0 atom stereocenters. The van der Waals surface area contributed by atoms with E-state index in [0.717, 1.165) is 16.4 Å². The largest absolute Gasteiger partial charge is 0.493 e. The molecule has 1 aromatic carbocycles. The maximum absolute atomic E-state index is 8.60. The normalized spacial score (nSPS) is 10.5. The first kappa shape index (κ1) is 16.3. The number of nitriles is 1. The second-order valence-corrected chi connectivity index (χ2v) is 5.86. The van der Waals surface area contributed by atoms with Gasteiger partial charge in [-0.3, -0.25) is 5.43 Å². The highest BCUT2D eigenvalue weighted by atomic mass is 79.9. The topological polar surface area (TPSA) is 79.5 Å². The Balaban J connectivity index is 2.14. The molecular formula is C14H13BrN4O2S. The van der Waals surface area contributed by atoms with Gasteiger partial charge in [-0.15, -0.1) is 11.3 Å². The zero-order chi connectivity index (χ0) is 15.9. The number of aromatic nitrogens is 1. The zero-order valence-corrected chi connectivity index (χ0v) is 14.4. The van der Waals surface area contributed by atoms with E-state index in [2.05, 4.69) is 31.4 Å². The van der Waals surface area contributed by atoms with E-state index in [-0.39, 0.29) is 6.61 Å². The number of methoxy groups -OCH3 is 1. The quantitative estimate of drug-likeness (QED) is 0.611. The lowest BCUT2D eigenvalue weighted by atomic mass is 10.2. The van der Waals surface area contributed by atoms with Crippen molar-refractivity contribution < 1.29 is 9.47 Å². The van der Waals surface area contributed by atoms with Crippen LogP contribution >= 0.6 is 27.3 Å². The fourth-order valence-corrected chi connectivity index (χ4v) is 2.84. The van der Waals surface area contributed by atoms with Gasteiger partial charge in [-0.05, 0) is 40.5 Å². The van der Waals surface area contributed by atoms with Crippen LogP contribution < -0.4 is 14.9 Å². The van der Waals surface area contributed by atoms with Crippen molar-refractivity contribution in [2.24, 2.45) is 5.10 Å². The number of hydrogen-bond acceptors (Lipinski definition) is 7.